The molecule has 1 aliphatic heterocycles. The molecular weight excluding hydrogens is 278 g/mol. The first kappa shape index (κ1) is 16.7. The molecule has 0 spiro atoms. The molecule has 1 aliphatic rings. The van der Waals surface area contributed by atoms with Crippen LogP contribution in [0.5, 0.6) is 0 Å². The average Bonchev–Trinajstić information content (AvgIpc) is 2.38. The zero-order valence-corrected chi connectivity index (χ0v) is 12.4. The van der Waals surface area contributed by atoms with E-state index in [1.54, 1.807) is 6.08 Å². The summed E-state index contributed by atoms with van der Waals surface area (Å²) in [6.07, 6.45) is 7.55. The first-order valence-electron chi connectivity index (χ1n) is 6.58. The fourth-order valence-electron chi connectivity index (χ4n) is 2.48. The van der Waals surface area contributed by atoms with Crippen LogP contribution in [0.2, 0.25) is 0 Å². The van der Waals surface area contributed by atoms with Crippen molar-refractivity contribution in [3.63, 3.8) is 0 Å². The van der Waals surface area contributed by atoms with Crippen molar-refractivity contribution in [2.75, 3.05) is 6.54 Å². The predicted octanol–water partition coefficient (Wildman–Crippen LogP) is 2.72. The van der Waals surface area contributed by atoms with Crippen molar-refractivity contribution in [3.8, 4) is 0 Å². The molecule has 0 aromatic rings. The first-order chi connectivity index (χ1) is 9.49. The van der Waals surface area contributed by atoms with Gasteiger partial charge in [-0.1, -0.05) is 24.8 Å². The molecule has 1 unspecified atom stereocenters. The van der Waals surface area contributed by atoms with Gasteiger partial charge in [-0.25, -0.2) is 4.21 Å². The Bertz CT molecular complexity index is 456. The molecule has 1 rings (SSSR count). The molecule has 1 heterocycles. The second-order valence-corrected chi connectivity index (χ2v) is 5.65. The van der Waals surface area contributed by atoms with Gasteiger partial charge in [-0.15, -0.1) is 0 Å². The number of carboxylic acids is 1. The van der Waals surface area contributed by atoms with Crippen molar-refractivity contribution in [1.82, 2.24) is 4.31 Å². The van der Waals surface area contributed by atoms with Gasteiger partial charge >= 0.3 is 5.97 Å². The number of carbonyl (C=O) groups is 1. The summed E-state index contributed by atoms with van der Waals surface area (Å²) in [4.78, 5) is 10.5. The minimum absolute atomic E-state index is 0.135. The summed E-state index contributed by atoms with van der Waals surface area (Å²) in [6, 6.07) is 0. The van der Waals surface area contributed by atoms with Crippen molar-refractivity contribution in [2.45, 2.75) is 32.6 Å². The number of hydrogen-bond donors (Lipinski definition) is 2. The maximum Gasteiger partial charge on any atom is 0.303 e. The highest BCUT2D eigenvalue weighted by atomic mass is 32.2. The molecular formula is C14H21NO4S. The van der Waals surface area contributed by atoms with E-state index in [1.807, 2.05) is 19.1 Å². The Balaban J connectivity index is 2.82. The Morgan fingerprint density at radius 2 is 2.30 bits per heavy atom. The molecule has 0 saturated carbocycles. The van der Waals surface area contributed by atoms with Crippen LogP contribution in [0, 0.1) is 5.92 Å². The summed E-state index contributed by atoms with van der Waals surface area (Å²) in [5.41, 5.74) is 1.72. The maximum absolute atomic E-state index is 11.5. The standard InChI is InChI=1S/C14H21NO4S/c1-3-6-12-9-11(7-5-8-14(16)17)10-15(20(18)19)13(12)4-2/h3-4,6,11H,1,5,7-10H2,2H3,(H,16,17)(H,18,19)/b12-6-,13-4+/t11-/m1/s1. The monoisotopic (exact) mass is 299 g/mol. The van der Waals surface area contributed by atoms with Gasteiger partial charge < -0.3 is 5.11 Å². The van der Waals surface area contributed by atoms with Crippen molar-refractivity contribution >= 4 is 17.2 Å². The van der Waals surface area contributed by atoms with Crippen LogP contribution < -0.4 is 0 Å². The molecule has 0 bridgehead atoms. The second kappa shape index (κ2) is 8.01. The van der Waals surface area contributed by atoms with Crippen molar-refractivity contribution < 1.29 is 18.7 Å². The number of nitrogens with zero attached hydrogens (tertiary/aromatic N) is 1. The second-order valence-electron chi connectivity index (χ2n) is 4.75. The number of hydrogen-bond acceptors (Lipinski definition) is 2. The lowest BCUT2D eigenvalue weighted by atomic mass is 9.88. The molecule has 6 heteroatoms. The molecule has 20 heavy (non-hydrogen) atoms. The Kier molecular flexibility index (Phi) is 6.67. The lowest BCUT2D eigenvalue weighted by Gasteiger charge is -2.35. The van der Waals surface area contributed by atoms with Gasteiger partial charge in [-0.3, -0.25) is 13.7 Å². The zero-order chi connectivity index (χ0) is 15.1. The Hall–Kier alpha value is -1.40. The van der Waals surface area contributed by atoms with Crippen molar-refractivity contribution in [3.05, 3.63) is 36.1 Å². The van der Waals surface area contributed by atoms with Gasteiger partial charge in [0.1, 0.15) is 0 Å². The molecule has 2 N–H and O–H groups in total. The third-order valence-electron chi connectivity index (χ3n) is 3.31. The minimum Gasteiger partial charge on any atom is -0.481 e. The molecule has 112 valence electrons. The number of piperidine rings is 1. The first-order valence-corrected chi connectivity index (χ1v) is 7.64. The minimum atomic E-state index is -2.07. The molecule has 1 saturated heterocycles. The van der Waals surface area contributed by atoms with Gasteiger partial charge in [0.15, 0.2) is 0 Å². The maximum atomic E-state index is 11.5. The predicted molar refractivity (Wildman–Crippen MR) is 79.1 cm³/mol. The highest BCUT2D eigenvalue weighted by molar-refractivity contribution is 7.76. The van der Waals surface area contributed by atoms with Gasteiger partial charge in [-0.05, 0) is 37.7 Å². The van der Waals surface area contributed by atoms with E-state index in [0.29, 0.717) is 13.0 Å². The zero-order valence-electron chi connectivity index (χ0n) is 11.6. The summed E-state index contributed by atoms with van der Waals surface area (Å²) >= 11 is -2.07. The van der Waals surface area contributed by atoms with E-state index in [-0.39, 0.29) is 12.3 Å². The lowest BCUT2D eigenvalue weighted by molar-refractivity contribution is -0.137. The largest absolute Gasteiger partial charge is 0.481 e. The van der Waals surface area contributed by atoms with Gasteiger partial charge in [0.25, 0.3) is 11.3 Å². The fraction of sp³-hybridized carbons (Fsp3) is 0.500. The quantitative estimate of drug-likeness (QED) is 0.739. The van der Waals surface area contributed by atoms with Crippen LogP contribution in [0.1, 0.15) is 32.6 Å². The van der Waals surface area contributed by atoms with E-state index in [9.17, 15) is 13.6 Å². The number of allylic oxidation sites excluding steroid dienone is 4. The topological polar surface area (TPSA) is 77.8 Å². The fourth-order valence-corrected chi connectivity index (χ4v) is 3.21. The van der Waals surface area contributed by atoms with Crippen LogP contribution in [0.15, 0.2) is 36.1 Å². The van der Waals surface area contributed by atoms with E-state index in [4.69, 9.17) is 5.11 Å². The van der Waals surface area contributed by atoms with Crippen LogP contribution in [-0.2, 0) is 16.1 Å². The number of rotatable bonds is 6. The highest BCUT2D eigenvalue weighted by Gasteiger charge is 2.28. The smallest absolute Gasteiger partial charge is 0.303 e. The van der Waals surface area contributed by atoms with E-state index < -0.39 is 17.2 Å². The summed E-state index contributed by atoms with van der Waals surface area (Å²) < 4.78 is 22.3. The molecule has 0 aromatic heterocycles. The van der Waals surface area contributed by atoms with E-state index in [1.165, 1.54) is 4.31 Å². The third kappa shape index (κ3) is 4.61. The highest BCUT2D eigenvalue weighted by Crippen LogP contribution is 2.33. The Labute approximate surface area is 122 Å². The van der Waals surface area contributed by atoms with Crippen molar-refractivity contribution in [2.24, 2.45) is 5.92 Å². The van der Waals surface area contributed by atoms with Crippen molar-refractivity contribution in [1.29, 1.82) is 0 Å². The van der Waals surface area contributed by atoms with E-state index in [0.717, 1.165) is 24.1 Å². The van der Waals surface area contributed by atoms with Crippen LogP contribution in [0.25, 0.3) is 0 Å². The van der Waals surface area contributed by atoms with Crippen LogP contribution >= 0.6 is 0 Å². The molecule has 2 atom stereocenters. The molecule has 0 aromatic carbocycles. The van der Waals surface area contributed by atoms with Crippen LogP contribution in [0.4, 0.5) is 0 Å². The van der Waals surface area contributed by atoms with Gasteiger partial charge in [-0.2, -0.15) is 0 Å². The SMILES string of the molecule is C=C/C=C1/C[C@@H](CCCC(=O)O)CN(S(=O)O)/C1=C/C. The molecule has 0 radical (unpaired) electrons. The number of carboxylic acid groups (broad SMARTS) is 1. The number of aliphatic carboxylic acids is 1. The Morgan fingerprint density at radius 3 is 2.80 bits per heavy atom. The normalized spacial score (nSPS) is 24.9. The molecule has 1 fully saturated rings. The van der Waals surface area contributed by atoms with E-state index >= 15 is 0 Å². The molecule has 5 nitrogen and oxygen atoms in total. The molecule has 0 amide bonds. The lowest BCUT2D eigenvalue weighted by Crippen LogP contribution is -2.36. The Morgan fingerprint density at radius 1 is 1.60 bits per heavy atom. The summed E-state index contributed by atoms with van der Waals surface area (Å²) in [7, 11) is 0. The third-order valence-corrected chi connectivity index (χ3v) is 4.04. The van der Waals surface area contributed by atoms with Gasteiger partial charge in [0.2, 0.25) is 0 Å². The van der Waals surface area contributed by atoms with Crippen LogP contribution in [0.3, 0.4) is 0 Å². The average molecular weight is 299 g/mol. The summed E-state index contributed by atoms with van der Waals surface area (Å²) in [5.74, 6) is -0.625. The molecule has 0 aliphatic carbocycles. The summed E-state index contributed by atoms with van der Waals surface area (Å²) in [6.45, 7) is 5.96. The van der Waals surface area contributed by atoms with E-state index in [2.05, 4.69) is 6.58 Å². The van der Waals surface area contributed by atoms with Crippen LogP contribution in [-0.4, -0.2) is 30.7 Å². The summed E-state index contributed by atoms with van der Waals surface area (Å²) in [5, 5.41) is 8.67. The van der Waals surface area contributed by atoms with Gasteiger partial charge in [0.05, 0.1) is 5.70 Å². The van der Waals surface area contributed by atoms with Gasteiger partial charge in [0, 0.05) is 13.0 Å².